The molecule has 0 amide bonds. The third-order valence-corrected chi connectivity index (χ3v) is 6.85. The molecule has 2 fully saturated rings. The Bertz CT molecular complexity index is 856. The zero-order valence-corrected chi connectivity index (χ0v) is 15.2. The molecule has 134 valence electrons. The van der Waals surface area contributed by atoms with Crippen LogP contribution in [0.25, 0.3) is 0 Å². The molecular formula is C18H21NO5S. The Morgan fingerprint density at radius 1 is 1.16 bits per heavy atom. The maximum absolute atomic E-state index is 13.0. The Hall–Kier alpha value is -1.54. The second-order valence-corrected chi connectivity index (χ2v) is 9.19. The Balaban J connectivity index is 1.68. The monoisotopic (exact) mass is 363 g/mol. The highest BCUT2D eigenvalue weighted by Gasteiger charge is 2.51. The second-order valence-electron chi connectivity index (χ2n) is 7.30. The van der Waals surface area contributed by atoms with E-state index in [-0.39, 0.29) is 29.4 Å². The molecular weight excluding hydrogens is 342 g/mol. The van der Waals surface area contributed by atoms with Gasteiger partial charge in [0.05, 0.1) is 23.6 Å². The van der Waals surface area contributed by atoms with Gasteiger partial charge in [-0.3, -0.25) is 4.79 Å². The van der Waals surface area contributed by atoms with Gasteiger partial charge in [-0.1, -0.05) is 17.7 Å². The first kappa shape index (κ1) is 16.9. The number of Topliss-reactive ketones (excluding diaryl/α,β-unsaturated/α-hetero) is 1. The number of sulfonamides is 1. The SMILES string of the molecule is Cc1ccc(S(=O)(=O)N2CC(=O)C3=C[C@@H]4OC(C)(C)O[C@@H]4C[C@@H]32)cc1. The highest BCUT2D eigenvalue weighted by molar-refractivity contribution is 7.89. The summed E-state index contributed by atoms with van der Waals surface area (Å²) in [5.41, 5.74) is 1.51. The molecule has 6 nitrogen and oxygen atoms in total. The summed E-state index contributed by atoms with van der Waals surface area (Å²) in [6.07, 6.45) is 1.63. The van der Waals surface area contributed by atoms with E-state index in [1.54, 1.807) is 30.3 Å². The van der Waals surface area contributed by atoms with Crippen LogP contribution in [0.15, 0.2) is 40.8 Å². The molecule has 1 aliphatic carbocycles. The van der Waals surface area contributed by atoms with Crippen LogP contribution in [0.5, 0.6) is 0 Å². The smallest absolute Gasteiger partial charge is 0.244 e. The van der Waals surface area contributed by atoms with Gasteiger partial charge in [0.15, 0.2) is 11.6 Å². The number of hydrogen-bond donors (Lipinski definition) is 0. The number of ketones is 1. The Morgan fingerprint density at radius 3 is 2.52 bits per heavy atom. The number of ether oxygens (including phenoxy) is 2. The van der Waals surface area contributed by atoms with Crippen LogP contribution in [-0.4, -0.2) is 49.1 Å². The molecule has 0 aromatic heterocycles. The Morgan fingerprint density at radius 2 is 1.84 bits per heavy atom. The molecule has 0 N–H and O–H groups in total. The normalized spacial score (nSPS) is 31.6. The fraction of sp³-hybridized carbons (Fsp3) is 0.500. The summed E-state index contributed by atoms with van der Waals surface area (Å²) in [5.74, 6) is -0.887. The van der Waals surface area contributed by atoms with Crippen molar-refractivity contribution in [2.75, 3.05) is 6.54 Å². The molecule has 0 bridgehead atoms. The molecule has 3 atom stereocenters. The first-order valence-corrected chi connectivity index (χ1v) is 9.80. The molecule has 4 rings (SSSR count). The predicted molar refractivity (Wildman–Crippen MR) is 90.4 cm³/mol. The summed E-state index contributed by atoms with van der Waals surface area (Å²) < 4.78 is 39.1. The van der Waals surface area contributed by atoms with Crippen molar-refractivity contribution in [3.05, 3.63) is 41.5 Å². The number of aryl methyl sites for hydroxylation is 1. The van der Waals surface area contributed by atoms with Crippen LogP contribution >= 0.6 is 0 Å². The van der Waals surface area contributed by atoms with Crippen LogP contribution in [0.4, 0.5) is 0 Å². The lowest BCUT2D eigenvalue weighted by molar-refractivity contribution is -0.143. The fourth-order valence-electron chi connectivity index (χ4n) is 3.81. The lowest BCUT2D eigenvalue weighted by atomic mass is 9.91. The van der Waals surface area contributed by atoms with E-state index in [2.05, 4.69) is 0 Å². The van der Waals surface area contributed by atoms with E-state index in [0.29, 0.717) is 12.0 Å². The van der Waals surface area contributed by atoms with Crippen LogP contribution in [-0.2, 0) is 24.3 Å². The zero-order valence-electron chi connectivity index (χ0n) is 14.4. The van der Waals surface area contributed by atoms with E-state index < -0.39 is 21.9 Å². The van der Waals surface area contributed by atoms with Crippen molar-refractivity contribution < 1.29 is 22.7 Å². The summed E-state index contributed by atoms with van der Waals surface area (Å²) in [6.45, 7) is 5.41. The minimum atomic E-state index is -3.74. The molecule has 7 heteroatoms. The fourth-order valence-corrected chi connectivity index (χ4v) is 5.39. The van der Waals surface area contributed by atoms with Gasteiger partial charge in [-0.2, -0.15) is 4.31 Å². The minimum absolute atomic E-state index is 0.129. The van der Waals surface area contributed by atoms with Crippen molar-refractivity contribution in [1.29, 1.82) is 0 Å². The molecule has 2 saturated heterocycles. The number of hydrogen-bond acceptors (Lipinski definition) is 5. The summed E-state index contributed by atoms with van der Waals surface area (Å²) in [5, 5.41) is 0. The average molecular weight is 363 g/mol. The van der Waals surface area contributed by atoms with Crippen LogP contribution < -0.4 is 0 Å². The molecule has 3 aliphatic rings. The lowest BCUT2D eigenvalue weighted by Crippen LogP contribution is -2.42. The van der Waals surface area contributed by atoms with Gasteiger partial charge < -0.3 is 9.47 Å². The average Bonchev–Trinajstić information content (AvgIpc) is 3.01. The van der Waals surface area contributed by atoms with E-state index in [9.17, 15) is 13.2 Å². The van der Waals surface area contributed by atoms with Crippen molar-refractivity contribution in [2.24, 2.45) is 0 Å². The van der Waals surface area contributed by atoms with E-state index in [1.807, 2.05) is 20.8 Å². The number of nitrogens with zero attached hydrogens (tertiary/aromatic N) is 1. The summed E-state index contributed by atoms with van der Waals surface area (Å²) in [6, 6.07) is 6.20. The molecule has 0 radical (unpaired) electrons. The van der Waals surface area contributed by atoms with Crippen LogP contribution in [0.3, 0.4) is 0 Å². The minimum Gasteiger partial charge on any atom is -0.344 e. The van der Waals surface area contributed by atoms with Crippen molar-refractivity contribution in [3.63, 3.8) is 0 Å². The summed E-state index contributed by atoms with van der Waals surface area (Å²) >= 11 is 0. The van der Waals surface area contributed by atoms with Crippen molar-refractivity contribution in [2.45, 2.75) is 56.1 Å². The number of carbonyl (C=O) groups is 1. The van der Waals surface area contributed by atoms with Crippen LogP contribution in [0.1, 0.15) is 25.8 Å². The number of rotatable bonds is 2. The quantitative estimate of drug-likeness (QED) is 0.801. The Kier molecular flexibility index (Phi) is 3.70. The van der Waals surface area contributed by atoms with E-state index in [1.165, 1.54) is 4.31 Å². The van der Waals surface area contributed by atoms with Gasteiger partial charge in [0.25, 0.3) is 0 Å². The van der Waals surface area contributed by atoms with Crippen molar-refractivity contribution in [3.8, 4) is 0 Å². The molecule has 0 saturated carbocycles. The summed E-state index contributed by atoms with van der Waals surface area (Å²) in [7, 11) is -3.74. The van der Waals surface area contributed by atoms with Gasteiger partial charge in [0, 0.05) is 5.57 Å². The molecule has 2 aliphatic heterocycles. The van der Waals surface area contributed by atoms with Crippen LogP contribution in [0, 0.1) is 6.92 Å². The van der Waals surface area contributed by atoms with Gasteiger partial charge in [0.2, 0.25) is 10.0 Å². The van der Waals surface area contributed by atoms with E-state index >= 15 is 0 Å². The maximum Gasteiger partial charge on any atom is 0.244 e. The molecule has 2 heterocycles. The lowest BCUT2D eigenvalue weighted by Gasteiger charge is -2.30. The number of carbonyl (C=O) groups excluding carboxylic acids is 1. The second kappa shape index (κ2) is 5.48. The molecule has 25 heavy (non-hydrogen) atoms. The van der Waals surface area contributed by atoms with Crippen LogP contribution in [0.2, 0.25) is 0 Å². The van der Waals surface area contributed by atoms with Gasteiger partial charge in [-0.15, -0.1) is 0 Å². The standard InChI is InChI=1S/C18H21NO5S/c1-11-4-6-12(7-5-11)25(21,22)19-10-15(20)13-8-16-17(9-14(13)19)24-18(2,3)23-16/h4-8,14,16-17H,9-10H2,1-3H3/t14-,16-,17+/m0/s1. The molecule has 1 aromatic carbocycles. The number of fused-ring (bicyclic) bond motifs is 2. The Labute approximate surface area is 147 Å². The number of benzene rings is 1. The first-order chi connectivity index (χ1) is 11.7. The van der Waals surface area contributed by atoms with Gasteiger partial charge in [0.1, 0.15) is 6.10 Å². The van der Waals surface area contributed by atoms with Gasteiger partial charge in [-0.05, 0) is 45.4 Å². The largest absolute Gasteiger partial charge is 0.344 e. The molecule has 1 aromatic rings. The van der Waals surface area contributed by atoms with Crippen molar-refractivity contribution >= 4 is 15.8 Å². The van der Waals surface area contributed by atoms with Crippen molar-refractivity contribution in [1.82, 2.24) is 4.31 Å². The predicted octanol–water partition coefficient (Wildman–Crippen LogP) is 1.79. The first-order valence-electron chi connectivity index (χ1n) is 8.36. The highest BCUT2D eigenvalue weighted by Crippen LogP contribution is 2.41. The topological polar surface area (TPSA) is 72.9 Å². The zero-order chi connectivity index (χ0) is 18.0. The third kappa shape index (κ3) is 2.75. The molecule has 0 unspecified atom stereocenters. The van der Waals surface area contributed by atoms with Gasteiger partial charge >= 0.3 is 0 Å². The molecule has 0 spiro atoms. The van der Waals surface area contributed by atoms with E-state index in [4.69, 9.17) is 9.47 Å². The maximum atomic E-state index is 13.0. The highest BCUT2D eigenvalue weighted by atomic mass is 32.2. The van der Waals surface area contributed by atoms with E-state index in [0.717, 1.165) is 5.56 Å². The third-order valence-electron chi connectivity index (χ3n) is 4.98. The summed E-state index contributed by atoms with van der Waals surface area (Å²) in [4.78, 5) is 12.6. The van der Waals surface area contributed by atoms with Gasteiger partial charge in [-0.25, -0.2) is 8.42 Å².